The average molecular weight is 271 g/mol. The van der Waals surface area contributed by atoms with Gasteiger partial charge < -0.3 is 4.74 Å². The maximum atomic E-state index is 11.8. The number of hydrogen-bond acceptors (Lipinski definition) is 2. The Hall–Kier alpha value is -2.21. The number of nitrogens with one attached hydrogen (secondary N) is 1. The van der Waals surface area contributed by atoms with Crippen molar-refractivity contribution in [3.05, 3.63) is 42.0 Å². The summed E-state index contributed by atoms with van der Waals surface area (Å²) in [6.45, 7) is 5.79. The fourth-order valence-corrected chi connectivity index (χ4v) is 1.66. The molecule has 3 heteroatoms. The molecule has 0 saturated heterocycles. The number of ether oxygens (including phenoxy) is 1. The first kappa shape index (κ1) is 15.8. The zero-order valence-corrected chi connectivity index (χ0v) is 12.3. The van der Waals surface area contributed by atoms with Crippen LogP contribution in [0.5, 0.6) is 0 Å². The van der Waals surface area contributed by atoms with Crippen LogP contribution in [0.25, 0.3) is 0 Å². The van der Waals surface area contributed by atoms with Gasteiger partial charge in [-0.25, -0.2) is 4.79 Å². The van der Waals surface area contributed by atoms with Crippen molar-refractivity contribution in [3.8, 4) is 12.3 Å². The van der Waals surface area contributed by atoms with Gasteiger partial charge in [-0.05, 0) is 39.3 Å². The minimum atomic E-state index is -0.898. The molecule has 0 aliphatic rings. The van der Waals surface area contributed by atoms with Gasteiger partial charge in [0.25, 0.3) is 0 Å². The van der Waals surface area contributed by atoms with E-state index >= 15 is 0 Å². The van der Waals surface area contributed by atoms with E-state index in [-0.39, 0.29) is 0 Å². The highest BCUT2D eigenvalue weighted by Crippen LogP contribution is 2.19. The van der Waals surface area contributed by atoms with Crippen molar-refractivity contribution >= 4 is 11.8 Å². The van der Waals surface area contributed by atoms with Gasteiger partial charge in [0.15, 0.2) is 5.60 Å². The van der Waals surface area contributed by atoms with E-state index < -0.39 is 11.7 Å². The van der Waals surface area contributed by atoms with Crippen molar-refractivity contribution in [2.24, 2.45) is 0 Å². The maximum Gasteiger partial charge on any atom is 0.413 e. The summed E-state index contributed by atoms with van der Waals surface area (Å²) in [5.41, 5.74) is 1.00. The van der Waals surface area contributed by atoms with Crippen LogP contribution in [-0.2, 0) is 4.74 Å². The Labute approximate surface area is 121 Å². The van der Waals surface area contributed by atoms with E-state index in [1.165, 1.54) is 5.57 Å². The van der Waals surface area contributed by atoms with Crippen molar-refractivity contribution in [2.45, 2.75) is 39.2 Å². The van der Waals surface area contributed by atoms with Crippen LogP contribution in [0.2, 0.25) is 0 Å². The molecule has 0 aliphatic heterocycles. The van der Waals surface area contributed by atoms with Crippen LogP contribution < -0.4 is 5.32 Å². The van der Waals surface area contributed by atoms with Gasteiger partial charge in [-0.2, -0.15) is 0 Å². The van der Waals surface area contributed by atoms with Crippen LogP contribution >= 0.6 is 0 Å². The maximum absolute atomic E-state index is 11.8. The number of para-hydroxylation sites is 1. The third kappa shape index (κ3) is 5.62. The van der Waals surface area contributed by atoms with Crippen LogP contribution in [0.15, 0.2) is 42.0 Å². The van der Waals surface area contributed by atoms with E-state index in [2.05, 4.69) is 17.3 Å². The second-order valence-corrected chi connectivity index (χ2v) is 5.08. The summed E-state index contributed by atoms with van der Waals surface area (Å²) in [4.78, 5) is 11.8. The third-order valence-corrected chi connectivity index (χ3v) is 2.82. The molecule has 0 unspecified atom stereocenters. The molecule has 1 rings (SSSR count). The lowest BCUT2D eigenvalue weighted by molar-refractivity contribution is 0.0722. The molecule has 0 saturated carbocycles. The zero-order valence-electron chi connectivity index (χ0n) is 12.3. The van der Waals surface area contributed by atoms with Gasteiger partial charge in [-0.3, -0.25) is 5.32 Å². The van der Waals surface area contributed by atoms with Crippen molar-refractivity contribution in [1.29, 1.82) is 0 Å². The quantitative estimate of drug-likeness (QED) is 0.637. The van der Waals surface area contributed by atoms with E-state index in [9.17, 15) is 4.79 Å². The van der Waals surface area contributed by atoms with Crippen LogP contribution in [-0.4, -0.2) is 11.7 Å². The Morgan fingerprint density at radius 2 is 2.05 bits per heavy atom. The van der Waals surface area contributed by atoms with Crippen LogP contribution in [0.1, 0.15) is 33.6 Å². The normalized spacial score (nSPS) is 12.7. The van der Waals surface area contributed by atoms with Crippen LogP contribution in [0, 0.1) is 12.3 Å². The van der Waals surface area contributed by atoms with Crippen LogP contribution in [0.4, 0.5) is 10.5 Å². The van der Waals surface area contributed by atoms with Crippen LogP contribution in [0.3, 0.4) is 0 Å². The minimum absolute atomic E-state index is 0.533. The molecule has 20 heavy (non-hydrogen) atoms. The summed E-state index contributed by atoms with van der Waals surface area (Å²) < 4.78 is 5.36. The molecule has 0 aromatic heterocycles. The fourth-order valence-electron chi connectivity index (χ4n) is 1.66. The number of carbonyl (C=O) groups is 1. The van der Waals surface area contributed by atoms with Gasteiger partial charge in [0.1, 0.15) is 0 Å². The molecule has 0 fully saturated rings. The monoisotopic (exact) mass is 271 g/mol. The van der Waals surface area contributed by atoms with Gasteiger partial charge in [0, 0.05) is 12.1 Å². The first-order valence-electron chi connectivity index (χ1n) is 6.61. The summed E-state index contributed by atoms with van der Waals surface area (Å²) in [6.07, 6.45) is 8.41. The third-order valence-electron chi connectivity index (χ3n) is 2.82. The van der Waals surface area contributed by atoms with Gasteiger partial charge in [0.05, 0.1) is 0 Å². The minimum Gasteiger partial charge on any atom is -0.430 e. The zero-order chi connectivity index (χ0) is 15.0. The van der Waals surface area contributed by atoms with Gasteiger partial charge in [-0.15, -0.1) is 6.42 Å². The number of terminal acetylenes is 1. The molecule has 1 amide bonds. The molecule has 1 aromatic carbocycles. The smallest absolute Gasteiger partial charge is 0.413 e. The van der Waals surface area contributed by atoms with Gasteiger partial charge in [0.2, 0.25) is 0 Å². The highest BCUT2D eigenvalue weighted by Gasteiger charge is 2.25. The number of allylic oxidation sites excluding steroid dienone is 2. The molecule has 0 aliphatic carbocycles. The molecule has 1 N–H and O–H groups in total. The molecule has 0 radical (unpaired) electrons. The van der Waals surface area contributed by atoms with Crippen molar-refractivity contribution in [2.75, 3.05) is 5.32 Å². The molecule has 106 valence electrons. The Morgan fingerprint density at radius 3 is 2.60 bits per heavy atom. The number of amides is 1. The number of hydrogen-bond donors (Lipinski definition) is 1. The second kappa shape index (κ2) is 7.40. The van der Waals surface area contributed by atoms with Crippen molar-refractivity contribution < 1.29 is 9.53 Å². The van der Waals surface area contributed by atoms with Crippen molar-refractivity contribution in [3.63, 3.8) is 0 Å². The summed E-state index contributed by atoms with van der Waals surface area (Å²) in [6, 6.07) is 9.13. The molecule has 0 heterocycles. The Morgan fingerprint density at radius 1 is 1.40 bits per heavy atom. The van der Waals surface area contributed by atoms with E-state index in [0.717, 1.165) is 6.42 Å². The molecular weight excluding hydrogens is 250 g/mol. The van der Waals surface area contributed by atoms with E-state index in [1.807, 2.05) is 32.0 Å². The lowest BCUT2D eigenvalue weighted by Crippen LogP contribution is -2.32. The Bertz CT molecular complexity index is 510. The highest BCUT2D eigenvalue weighted by atomic mass is 16.6. The molecular formula is C17H21NO2. The summed E-state index contributed by atoms with van der Waals surface area (Å²) in [7, 11) is 0. The molecule has 0 spiro atoms. The average Bonchev–Trinajstić information content (AvgIpc) is 2.39. The SMILES string of the molecule is C#C[C@](C)(CCC=C(C)C)OC(=O)Nc1ccccc1. The summed E-state index contributed by atoms with van der Waals surface area (Å²) in [5, 5.41) is 2.66. The predicted molar refractivity (Wildman–Crippen MR) is 82.4 cm³/mol. The summed E-state index contributed by atoms with van der Waals surface area (Å²) >= 11 is 0. The molecule has 1 atom stereocenters. The summed E-state index contributed by atoms with van der Waals surface area (Å²) in [5.74, 6) is 2.56. The van der Waals surface area contributed by atoms with E-state index in [1.54, 1.807) is 19.1 Å². The largest absolute Gasteiger partial charge is 0.430 e. The Kier molecular flexibility index (Phi) is 5.86. The van der Waals surface area contributed by atoms with Gasteiger partial charge in [-0.1, -0.05) is 35.8 Å². The highest BCUT2D eigenvalue weighted by molar-refractivity contribution is 5.84. The molecule has 3 nitrogen and oxygen atoms in total. The Balaban J connectivity index is 2.57. The topological polar surface area (TPSA) is 38.3 Å². The molecule has 1 aromatic rings. The van der Waals surface area contributed by atoms with Gasteiger partial charge >= 0.3 is 6.09 Å². The molecule has 0 bridgehead atoms. The lowest BCUT2D eigenvalue weighted by atomic mass is 10.0. The lowest BCUT2D eigenvalue weighted by Gasteiger charge is -2.23. The first-order chi connectivity index (χ1) is 9.45. The second-order valence-electron chi connectivity index (χ2n) is 5.08. The number of carbonyl (C=O) groups excluding carboxylic acids is 1. The number of rotatable bonds is 5. The fraction of sp³-hybridized carbons (Fsp3) is 0.353. The van der Waals surface area contributed by atoms with E-state index in [0.29, 0.717) is 12.1 Å². The van der Waals surface area contributed by atoms with E-state index in [4.69, 9.17) is 11.2 Å². The number of benzene rings is 1. The first-order valence-corrected chi connectivity index (χ1v) is 6.61. The standard InChI is InChI=1S/C17H21NO2/c1-5-17(4,13-9-10-14(2)3)20-16(19)18-15-11-7-6-8-12-15/h1,6-8,10-12H,9,13H2,2-4H3,(H,18,19)/t17-/m1/s1. The van der Waals surface area contributed by atoms with Crippen molar-refractivity contribution in [1.82, 2.24) is 0 Å². The number of anilines is 1. The predicted octanol–water partition coefficient (Wildman–Crippen LogP) is 4.37.